The fraction of sp³-hybridized carbons (Fsp3) is 0.364. The Labute approximate surface area is 103 Å². The van der Waals surface area contributed by atoms with Gasteiger partial charge in [-0.2, -0.15) is 0 Å². The molecule has 0 saturated carbocycles. The van der Waals surface area contributed by atoms with E-state index in [1.165, 1.54) is 9.75 Å². The number of aryl methyl sites for hydroxylation is 2. The van der Waals surface area contributed by atoms with Crippen molar-refractivity contribution < 1.29 is 0 Å². The summed E-state index contributed by atoms with van der Waals surface area (Å²) in [6.45, 7) is 4.05. The number of aromatic nitrogens is 1. The summed E-state index contributed by atoms with van der Waals surface area (Å²) >= 11 is 9.86. The van der Waals surface area contributed by atoms with Crippen LogP contribution in [0.2, 0.25) is 0 Å². The summed E-state index contributed by atoms with van der Waals surface area (Å²) in [5.41, 5.74) is 1.08. The molecule has 1 nitrogen and oxygen atoms in total. The van der Waals surface area contributed by atoms with Crippen molar-refractivity contribution in [3.63, 3.8) is 0 Å². The van der Waals surface area contributed by atoms with E-state index in [1.54, 1.807) is 22.7 Å². The number of thiazole rings is 1. The molecule has 0 bridgehead atoms. The molecule has 2 aromatic heterocycles. The molecular formula is C11H12ClNS2. The van der Waals surface area contributed by atoms with Crippen LogP contribution in [0.25, 0.3) is 0 Å². The van der Waals surface area contributed by atoms with Gasteiger partial charge in [-0.1, -0.05) is 6.07 Å². The number of hydrogen-bond acceptors (Lipinski definition) is 3. The Kier molecular flexibility index (Phi) is 3.44. The zero-order chi connectivity index (χ0) is 10.8. The Morgan fingerprint density at radius 3 is 2.80 bits per heavy atom. The molecule has 0 N–H and O–H groups in total. The van der Waals surface area contributed by atoms with Crippen molar-refractivity contribution >= 4 is 34.3 Å². The molecule has 80 valence electrons. The lowest BCUT2D eigenvalue weighted by Crippen LogP contribution is -1.93. The summed E-state index contributed by atoms with van der Waals surface area (Å²) in [7, 11) is 0. The van der Waals surface area contributed by atoms with E-state index in [0.29, 0.717) is 0 Å². The number of nitrogens with zero attached hydrogens (tertiary/aromatic N) is 1. The molecule has 1 unspecified atom stereocenters. The summed E-state index contributed by atoms with van der Waals surface area (Å²) in [5, 5.41) is 3.25. The van der Waals surface area contributed by atoms with Gasteiger partial charge >= 0.3 is 0 Å². The first-order valence-electron chi connectivity index (χ1n) is 4.77. The maximum Gasteiger partial charge on any atom is 0.0900 e. The van der Waals surface area contributed by atoms with Gasteiger partial charge in [-0.25, -0.2) is 4.98 Å². The van der Waals surface area contributed by atoms with Crippen LogP contribution in [0.15, 0.2) is 17.5 Å². The zero-order valence-electron chi connectivity index (χ0n) is 8.66. The number of hydrogen-bond donors (Lipinski definition) is 0. The third-order valence-corrected chi connectivity index (χ3v) is 4.77. The molecule has 4 heteroatoms. The van der Waals surface area contributed by atoms with E-state index in [0.717, 1.165) is 17.1 Å². The predicted molar refractivity (Wildman–Crippen MR) is 68.2 cm³/mol. The third-order valence-electron chi connectivity index (χ3n) is 2.18. The third kappa shape index (κ3) is 2.60. The molecular weight excluding hydrogens is 246 g/mol. The molecule has 2 rings (SSSR count). The molecule has 15 heavy (non-hydrogen) atoms. The smallest absolute Gasteiger partial charge is 0.0900 e. The van der Waals surface area contributed by atoms with Crippen molar-refractivity contribution in [1.29, 1.82) is 0 Å². The first-order valence-corrected chi connectivity index (χ1v) is 6.90. The Morgan fingerprint density at radius 2 is 2.27 bits per heavy atom. The van der Waals surface area contributed by atoms with E-state index in [-0.39, 0.29) is 5.38 Å². The molecule has 0 fully saturated rings. The highest BCUT2D eigenvalue weighted by Gasteiger charge is 2.15. The van der Waals surface area contributed by atoms with Crippen LogP contribution in [0, 0.1) is 13.8 Å². The lowest BCUT2D eigenvalue weighted by atomic mass is 10.2. The van der Waals surface area contributed by atoms with Crippen LogP contribution in [0.5, 0.6) is 0 Å². The summed E-state index contributed by atoms with van der Waals surface area (Å²) in [6.07, 6.45) is 0.904. The van der Waals surface area contributed by atoms with Gasteiger partial charge in [-0.05, 0) is 25.3 Å². The van der Waals surface area contributed by atoms with Crippen molar-refractivity contribution in [2.24, 2.45) is 0 Å². The van der Waals surface area contributed by atoms with Crippen molar-refractivity contribution in [1.82, 2.24) is 4.98 Å². The second kappa shape index (κ2) is 4.64. The van der Waals surface area contributed by atoms with Gasteiger partial charge in [0, 0.05) is 16.2 Å². The predicted octanol–water partition coefficient (Wildman–Crippen LogP) is 4.34. The molecule has 0 saturated heterocycles. The minimum Gasteiger partial charge on any atom is -0.247 e. The van der Waals surface area contributed by atoms with Gasteiger partial charge in [0.2, 0.25) is 0 Å². The lowest BCUT2D eigenvalue weighted by Gasteiger charge is -2.05. The van der Waals surface area contributed by atoms with Crippen LogP contribution >= 0.6 is 34.3 Å². The lowest BCUT2D eigenvalue weighted by molar-refractivity contribution is 0.940. The van der Waals surface area contributed by atoms with Crippen LogP contribution in [0.4, 0.5) is 0 Å². The van der Waals surface area contributed by atoms with Gasteiger partial charge in [-0.15, -0.1) is 34.3 Å². The maximum absolute atomic E-state index is 6.39. The van der Waals surface area contributed by atoms with Gasteiger partial charge in [0.1, 0.15) is 0 Å². The number of alkyl halides is 1. The van der Waals surface area contributed by atoms with Crippen molar-refractivity contribution in [3.8, 4) is 0 Å². The van der Waals surface area contributed by atoms with Crippen molar-refractivity contribution in [2.45, 2.75) is 25.6 Å². The number of thiophene rings is 1. The molecule has 1 atom stereocenters. The van der Waals surface area contributed by atoms with Crippen LogP contribution in [0.1, 0.15) is 25.8 Å². The number of rotatable bonds is 3. The SMILES string of the molecule is Cc1nc(C)c(C(Cl)Cc2cccs2)s1. The van der Waals surface area contributed by atoms with Gasteiger partial charge in [-0.3, -0.25) is 0 Å². The maximum atomic E-state index is 6.39. The fourth-order valence-electron chi connectivity index (χ4n) is 1.54. The normalized spacial score (nSPS) is 13.0. The highest BCUT2D eigenvalue weighted by atomic mass is 35.5. The average Bonchev–Trinajstić information content (AvgIpc) is 2.75. The van der Waals surface area contributed by atoms with Crippen molar-refractivity contribution in [3.05, 3.63) is 38.0 Å². The molecule has 0 amide bonds. The zero-order valence-corrected chi connectivity index (χ0v) is 11.0. The van der Waals surface area contributed by atoms with Gasteiger partial charge in [0.25, 0.3) is 0 Å². The second-order valence-electron chi connectivity index (χ2n) is 3.43. The second-order valence-corrected chi connectivity index (χ2v) is 6.23. The molecule has 0 aliphatic carbocycles. The Bertz CT molecular complexity index is 433. The molecule has 0 spiro atoms. The molecule has 0 aromatic carbocycles. The Balaban J connectivity index is 2.14. The highest BCUT2D eigenvalue weighted by Crippen LogP contribution is 2.33. The van der Waals surface area contributed by atoms with Gasteiger partial charge in [0.15, 0.2) is 0 Å². The molecule has 0 aliphatic rings. The minimum absolute atomic E-state index is 0.0647. The first kappa shape index (κ1) is 11.1. The fourth-order valence-corrected chi connectivity index (χ4v) is 3.74. The standard InChI is InChI=1S/C11H12ClNS2/c1-7-11(15-8(2)13-7)10(12)6-9-4-3-5-14-9/h3-5,10H,6H2,1-2H3. The van der Waals surface area contributed by atoms with E-state index >= 15 is 0 Å². The molecule has 2 aromatic rings. The van der Waals surface area contributed by atoms with E-state index in [4.69, 9.17) is 11.6 Å². The quantitative estimate of drug-likeness (QED) is 0.746. The number of halogens is 1. The van der Waals surface area contributed by atoms with E-state index in [9.17, 15) is 0 Å². The van der Waals surface area contributed by atoms with Crippen LogP contribution in [-0.4, -0.2) is 4.98 Å². The van der Waals surface area contributed by atoms with E-state index in [2.05, 4.69) is 22.5 Å². The van der Waals surface area contributed by atoms with Crippen molar-refractivity contribution in [2.75, 3.05) is 0 Å². The monoisotopic (exact) mass is 257 g/mol. The van der Waals surface area contributed by atoms with E-state index < -0.39 is 0 Å². The van der Waals surface area contributed by atoms with E-state index in [1.807, 2.05) is 13.8 Å². The van der Waals surface area contributed by atoms with Crippen LogP contribution in [-0.2, 0) is 6.42 Å². The summed E-state index contributed by atoms with van der Waals surface area (Å²) < 4.78 is 0. The molecule has 2 heterocycles. The topological polar surface area (TPSA) is 12.9 Å². The van der Waals surface area contributed by atoms with Gasteiger partial charge < -0.3 is 0 Å². The first-order chi connectivity index (χ1) is 7.16. The van der Waals surface area contributed by atoms with Crippen LogP contribution in [0.3, 0.4) is 0 Å². The molecule has 0 radical (unpaired) electrons. The summed E-state index contributed by atoms with van der Waals surface area (Å²) in [4.78, 5) is 6.94. The Morgan fingerprint density at radius 1 is 1.47 bits per heavy atom. The summed E-state index contributed by atoms with van der Waals surface area (Å²) in [6, 6.07) is 4.19. The highest BCUT2D eigenvalue weighted by molar-refractivity contribution is 7.12. The van der Waals surface area contributed by atoms with Gasteiger partial charge in [0.05, 0.1) is 16.1 Å². The minimum atomic E-state index is 0.0647. The van der Waals surface area contributed by atoms with Crippen LogP contribution < -0.4 is 0 Å². The average molecular weight is 258 g/mol. The largest absolute Gasteiger partial charge is 0.247 e. The Hall–Kier alpha value is -0.380. The summed E-state index contributed by atoms with van der Waals surface area (Å²) in [5.74, 6) is 0. The molecule has 0 aliphatic heterocycles.